The molecule has 1 atom stereocenters. The van der Waals surface area contributed by atoms with Crippen LogP contribution in [0.25, 0.3) is 0 Å². The van der Waals surface area contributed by atoms with Crippen LogP contribution in [0.3, 0.4) is 0 Å². The van der Waals surface area contributed by atoms with Crippen molar-refractivity contribution in [3.05, 3.63) is 70.2 Å². The predicted molar refractivity (Wildman–Crippen MR) is 86.9 cm³/mol. The number of Topliss-reactive ketones (excluding diaryl/α,β-unsaturated/α-hetero) is 1. The van der Waals surface area contributed by atoms with Gasteiger partial charge < -0.3 is 0 Å². The number of nitriles is 1. The minimum atomic E-state index is -0.668. The first-order valence-corrected chi connectivity index (χ1v) is 7.71. The van der Waals surface area contributed by atoms with E-state index < -0.39 is 5.92 Å². The SMILES string of the molecule is N#CC(C(=O)CCCc1ccccc1)c1cccc(Br)c1. The van der Waals surface area contributed by atoms with Crippen LogP contribution >= 0.6 is 15.9 Å². The van der Waals surface area contributed by atoms with E-state index in [1.807, 2.05) is 42.5 Å². The van der Waals surface area contributed by atoms with Crippen molar-refractivity contribution >= 4 is 21.7 Å². The van der Waals surface area contributed by atoms with Gasteiger partial charge in [0, 0.05) is 10.9 Å². The van der Waals surface area contributed by atoms with Crippen LogP contribution in [0.2, 0.25) is 0 Å². The molecule has 0 spiro atoms. The number of halogens is 1. The Balaban J connectivity index is 1.94. The molecule has 3 heteroatoms. The summed E-state index contributed by atoms with van der Waals surface area (Å²) in [6.07, 6.45) is 2.07. The molecule has 0 N–H and O–H groups in total. The minimum absolute atomic E-state index is 0.00784. The van der Waals surface area contributed by atoms with E-state index >= 15 is 0 Å². The fraction of sp³-hybridized carbons (Fsp3) is 0.222. The largest absolute Gasteiger partial charge is 0.298 e. The van der Waals surface area contributed by atoms with E-state index in [-0.39, 0.29) is 5.78 Å². The zero-order valence-electron chi connectivity index (χ0n) is 11.6. The third kappa shape index (κ3) is 4.54. The molecule has 2 rings (SSSR count). The first-order valence-electron chi connectivity index (χ1n) is 6.92. The molecule has 0 saturated heterocycles. The predicted octanol–water partition coefficient (Wildman–Crippen LogP) is 4.65. The summed E-state index contributed by atoms with van der Waals surface area (Å²) in [5.41, 5.74) is 1.98. The Morgan fingerprint density at radius 1 is 1.14 bits per heavy atom. The Hall–Kier alpha value is -1.92. The highest BCUT2D eigenvalue weighted by Gasteiger charge is 2.19. The number of hydrogen-bond donors (Lipinski definition) is 0. The lowest BCUT2D eigenvalue weighted by atomic mass is 9.93. The summed E-state index contributed by atoms with van der Waals surface area (Å²) in [6.45, 7) is 0. The molecule has 0 aliphatic rings. The number of ketones is 1. The maximum Gasteiger partial charge on any atom is 0.154 e. The van der Waals surface area contributed by atoms with Crippen molar-refractivity contribution in [3.63, 3.8) is 0 Å². The lowest BCUT2D eigenvalue weighted by Crippen LogP contribution is -2.11. The molecule has 0 aliphatic heterocycles. The van der Waals surface area contributed by atoms with E-state index in [1.54, 1.807) is 0 Å². The van der Waals surface area contributed by atoms with E-state index in [2.05, 4.69) is 34.1 Å². The van der Waals surface area contributed by atoms with Gasteiger partial charge in [-0.05, 0) is 36.1 Å². The molecule has 1 unspecified atom stereocenters. The summed E-state index contributed by atoms with van der Waals surface area (Å²) in [4.78, 5) is 12.2. The summed E-state index contributed by atoms with van der Waals surface area (Å²) in [5, 5.41) is 9.27. The average molecular weight is 342 g/mol. The van der Waals surface area contributed by atoms with Gasteiger partial charge in [0.05, 0.1) is 6.07 Å². The van der Waals surface area contributed by atoms with Crippen molar-refractivity contribution in [1.82, 2.24) is 0 Å². The summed E-state index contributed by atoms with van der Waals surface area (Å²) in [5.74, 6) is -0.676. The van der Waals surface area contributed by atoms with E-state index in [4.69, 9.17) is 0 Å². The molecule has 0 saturated carbocycles. The van der Waals surface area contributed by atoms with Crippen LogP contribution < -0.4 is 0 Å². The second kappa shape index (κ2) is 7.75. The topological polar surface area (TPSA) is 40.9 Å². The molecule has 0 bridgehead atoms. The lowest BCUT2D eigenvalue weighted by molar-refractivity contribution is -0.119. The molecule has 2 aromatic carbocycles. The average Bonchev–Trinajstić information content (AvgIpc) is 2.49. The van der Waals surface area contributed by atoms with Gasteiger partial charge in [0.1, 0.15) is 5.92 Å². The third-order valence-corrected chi connectivity index (χ3v) is 3.86. The fourth-order valence-electron chi connectivity index (χ4n) is 2.27. The molecule has 0 aliphatic carbocycles. The molecule has 2 aromatic rings. The smallest absolute Gasteiger partial charge is 0.154 e. The van der Waals surface area contributed by atoms with Crippen LogP contribution in [0.1, 0.15) is 29.9 Å². The number of benzene rings is 2. The summed E-state index contributed by atoms with van der Waals surface area (Å²) < 4.78 is 0.886. The van der Waals surface area contributed by atoms with Crippen molar-refractivity contribution in [2.75, 3.05) is 0 Å². The van der Waals surface area contributed by atoms with Crippen LogP contribution in [-0.2, 0) is 11.2 Å². The third-order valence-electron chi connectivity index (χ3n) is 3.36. The van der Waals surface area contributed by atoms with Gasteiger partial charge in [-0.15, -0.1) is 0 Å². The first kappa shape index (κ1) is 15.5. The summed E-state index contributed by atoms with van der Waals surface area (Å²) >= 11 is 3.37. The van der Waals surface area contributed by atoms with Crippen LogP contribution in [0.5, 0.6) is 0 Å². The quantitative estimate of drug-likeness (QED) is 0.767. The van der Waals surface area contributed by atoms with Crippen LogP contribution in [0.15, 0.2) is 59.1 Å². The fourth-order valence-corrected chi connectivity index (χ4v) is 2.69. The van der Waals surface area contributed by atoms with Crippen molar-refractivity contribution in [2.45, 2.75) is 25.2 Å². The van der Waals surface area contributed by atoms with Gasteiger partial charge in [0.15, 0.2) is 5.78 Å². The Morgan fingerprint density at radius 2 is 1.90 bits per heavy atom. The highest BCUT2D eigenvalue weighted by Crippen LogP contribution is 2.22. The number of rotatable bonds is 6. The maximum absolute atomic E-state index is 12.2. The van der Waals surface area contributed by atoms with E-state index in [0.717, 1.165) is 22.9 Å². The number of carbonyl (C=O) groups excluding carboxylic acids is 1. The van der Waals surface area contributed by atoms with Gasteiger partial charge in [-0.25, -0.2) is 0 Å². The second-order valence-corrected chi connectivity index (χ2v) is 5.84. The van der Waals surface area contributed by atoms with Crippen molar-refractivity contribution in [3.8, 4) is 6.07 Å². The minimum Gasteiger partial charge on any atom is -0.298 e. The van der Waals surface area contributed by atoms with Crippen LogP contribution in [-0.4, -0.2) is 5.78 Å². The van der Waals surface area contributed by atoms with Crippen LogP contribution in [0.4, 0.5) is 0 Å². The van der Waals surface area contributed by atoms with Gasteiger partial charge in [0.2, 0.25) is 0 Å². The van der Waals surface area contributed by atoms with Gasteiger partial charge in [-0.1, -0.05) is 58.4 Å². The van der Waals surface area contributed by atoms with Gasteiger partial charge in [-0.3, -0.25) is 4.79 Å². The molecule has 2 nitrogen and oxygen atoms in total. The maximum atomic E-state index is 12.2. The molecule has 0 amide bonds. The monoisotopic (exact) mass is 341 g/mol. The van der Waals surface area contributed by atoms with Crippen LogP contribution in [0, 0.1) is 11.3 Å². The number of carbonyl (C=O) groups is 1. The van der Waals surface area contributed by atoms with E-state index in [1.165, 1.54) is 5.56 Å². The molecule has 0 radical (unpaired) electrons. The van der Waals surface area contributed by atoms with Gasteiger partial charge >= 0.3 is 0 Å². The summed E-state index contributed by atoms with van der Waals surface area (Å²) in [6, 6.07) is 19.6. The summed E-state index contributed by atoms with van der Waals surface area (Å²) in [7, 11) is 0. The van der Waals surface area contributed by atoms with Gasteiger partial charge in [-0.2, -0.15) is 5.26 Å². The van der Waals surface area contributed by atoms with Gasteiger partial charge in [0.25, 0.3) is 0 Å². The van der Waals surface area contributed by atoms with E-state index in [0.29, 0.717) is 6.42 Å². The molecule has 0 fully saturated rings. The molecule has 0 aromatic heterocycles. The molecule has 0 heterocycles. The Kier molecular flexibility index (Phi) is 5.71. The number of aryl methyl sites for hydroxylation is 1. The normalized spacial score (nSPS) is 11.6. The Morgan fingerprint density at radius 3 is 2.57 bits per heavy atom. The Bertz CT molecular complexity index is 646. The lowest BCUT2D eigenvalue weighted by Gasteiger charge is -2.09. The van der Waals surface area contributed by atoms with Crippen molar-refractivity contribution in [2.24, 2.45) is 0 Å². The second-order valence-electron chi connectivity index (χ2n) is 4.92. The number of nitrogens with zero attached hydrogens (tertiary/aromatic N) is 1. The van der Waals surface area contributed by atoms with E-state index in [9.17, 15) is 10.1 Å². The van der Waals surface area contributed by atoms with Crippen molar-refractivity contribution in [1.29, 1.82) is 5.26 Å². The highest BCUT2D eigenvalue weighted by atomic mass is 79.9. The molecule has 21 heavy (non-hydrogen) atoms. The van der Waals surface area contributed by atoms with Crippen molar-refractivity contribution < 1.29 is 4.79 Å². The Labute approximate surface area is 133 Å². The number of hydrogen-bond acceptors (Lipinski definition) is 2. The zero-order chi connectivity index (χ0) is 15.1. The molecular formula is C18H16BrNO. The first-order chi connectivity index (χ1) is 10.2. The zero-order valence-corrected chi connectivity index (χ0v) is 13.2. The molecular weight excluding hydrogens is 326 g/mol. The molecule has 106 valence electrons. The standard InChI is InChI=1S/C18H16BrNO/c19-16-10-5-9-15(12-16)17(13-20)18(21)11-4-8-14-6-2-1-3-7-14/h1-3,5-7,9-10,12,17H,4,8,11H2. The highest BCUT2D eigenvalue weighted by molar-refractivity contribution is 9.10.